The number of hydrogen-bond acceptors (Lipinski definition) is 2. The van der Waals surface area contributed by atoms with Gasteiger partial charge in [0, 0.05) is 24.5 Å². The van der Waals surface area contributed by atoms with Crippen LogP contribution in [0.15, 0.2) is 55.1 Å². The van der Waals surface area contributed by atoms with Gasteiger partial charge >= 0.3 is 6.03 Å². The van der Waals surface area contributed by atoms with E-state index in [2.05, 4.69) is 31.1 Å². The summed E-state index contributed by atoms with van der Waals surface area (Å²) in [7, 11) is 0. The molecule has 5 heteroatoms. The minimum atomic E-state index is -0.282. The van der Waals surface area contributed by atoms with E-state index in [9.17, 15) is 9.59 Å². The smallest absolute Gasteiger partial charge is 0.323 e. The second-order valence-electron chi connectivity index (χ2n) is 6.70. The number of rotatable bonds is 4. The summed E-state index contributed by atoms with van der Waals surface area (Å²) in [6, 6.07) is 13.2. The van der Waals surface area contributed by atoms with Crippen LogP contribution < -0.4 is 10.6 Å². The van der Waals surface area contributed by atoms with Gasteiger partial charge in [-0.05, 0) is 46.9 Å². The summed E-state index contributed by atoms with van der Waals surface area (Å²) in [5.74, 6) is 0.235. The molecular weight excluding hydrogens is 326 g/mol. The minimum Gasteiger partial charge on any atom is -0.331 e. The lowest BCUT2D eigenvalue weighted by Gasteiger charge is -2.14. The summed E-state index contributed by atoms with van der Waals surface area (Å²) in [6.07, 6.45) is 1.32. The van der Waals surface area contributed by atoms with Gasteiger partial charge in [0.05, 0.1) is 0 Å². The van der Waals surface area contributed by atoms with Crippen LogP contribution in [0.2, 0.25) is 0 Å². The predicted octanol–water partition coefficient (Wildman–Crippen LogP) is 4.48. The first-order valence-electron chi connectivity index (χ1n) is 8.68. The monoisotopic (exact) mass is 349 g/mol. The Hall–Kier alpha value is -3.08. The van der Waals surface area contributed by atoms with E-state index in [0.29, 0.717) is 24.7 Å². The Morgan fingerprint density at radius 1 is 1.08 bits per heavy atom. The fraction of sp³-hybridized carbons (Fsp3) is 0.238. The summed E-state index contributed by atoms with van der Waals surface area (Å²) in [4.78, 5) is 25.9. The van der Waals surface area contributed by atoms with Gasteiger partial charge < -0.3 is 15.5 Å². The van der Waals surface area contributed by atoms with Crippen LogP contribution in [0.4, 0.5) is 16.2 Å². The van der Waals surface area contributed by atoms with E-state index in [4.69, 9.17) is 0 Å². The number of anilines is 2. The molecule has 2 aromatic carbocycles. The number of nitrogens with zero attached hydrogens (tertiary/aromatic N) is 1. The maximum atomic E-state index is 12.4. The fourth-order valence-electron chi connectivity index (χ4n) is 3.16. The second-order valence-corrected chi connectivity index (χ2v) is 6.70. The number of carbonyl (C=O) groups is 2. The van der Waals surface area contributed by atoms with Crippen molar-refractivity contribution in [1.82, 2.24) is 4.90 Å². The number of benzene rings is 2. The van der Waals surface area contributed by atoms with Crippen molar-refractivity contribution >= 4 is 23.3 Å². The first kappa shape index (κ1) is 17.7. The number of nitrogens with one attached hydrogen (secondary N) is 2. The van der Waals surface area contributed by atoms with Crippen LogP contribution in [0.5, 0.6) is 0 Å². The van der Waals surface area contributed by atoms with Gasteiger partial charge in [-0.1, -0.05) is 44.7 Å². The zero-order chi connectivity index (χ0) is 18.7. The van der Waals surface area contributed by atoms with Gasteiger partial charge in [0.25, 0.3) is 0 Å². The van der Waals surface area contributed by atoms with Crippen molar-refractivity contribution in [2.24, 2.45) is 0 Å². The van der Waals surface area contributed by atoms with Crippen molar-refractivity contribution in [1.29, 1.82) is 0 Å². The van der Waals surface area contributed by atoms with Crippen LogP contribution in [-0.2, 0) is 17.9 Å². The van der Waals surface area contributed by atoms with Gasteiger partial charge in [-0.15, -0.1) is 0 Å². The molecule has 26 heavy (non-hydrogen) atoms. The van der Waals surface area contributed by atoms with E-state index in [0.717, 1.165) is 22.4 Å². The third-order valence-electron chi connectivity index (χ3n) is 4.50. The average Bonchev–Trinajstić information content (AvgIpc) is 3.04. The zero-order valence-corrected chi connectivity index (χ0v) is 15.1. The van der Waals surface area contributed by atoms with Crippen molar-refractivity contribution in [3.8, 4) is 0 Å². The SMILES string of the molecule is C=CC(=O)N1Cc2ccc(NC(=O)Nc3ccccc3C(C)C)cc2C1. The van der Waals surface area contributed by atoms with E-state index >= 15 is 0 Å². The Bertz CT molecular complexity index is 858. The molecule has 0 spiro atoms. The lowest BCUT2D eigenvalue weighted by Crippen LogP contribution is -2.22. The van der Waals surface area contributed by atoms with Crippen molar-refractivity contribution in [3.63, 3.8) is 0 Å². The molecule has 1 heterocycles. The Morgan fingerprint density at radius 3 is 2.54 bits per heavy atom. The molecule has 0 saturated heterocycles. The third-order valence-corrected chi connectivity index (χ3v) is 4.50. The average molecular weight is 349 g/mol. The first-order chi connectivity index (χ1) is 12.5. The highest BCUT2D eigenvalue weighted by molar-refractivity contribution is 6.00. The normalized spacial score (nSPS) is 12.7. The molecule has 0 bridgehead atoms. The van der Waals surface area contributed by atoms with E-state index in [-0.39, 0.29) is 11.9 Å². The van der Waals surface area contributed by atoms with E-state index in [1.165, 1.54) is 6.08 Å². The van der Waals surface area contributed by atoms with Crippen molar-refractivity contribution in [2.45, 2.75) is 32.9 Å². The molecule has 0 aromatic heterocycles. The molecule has 0 atom stereocenters. The summed E-state index contributed by atoms with van der Waals surface area (Å²) in [6.45, 7) is 8.83. The van der Waals surface area contributed by atoms with Crippen LogP contribution in [0.25, 0.3) is 0 Å². The van der Waals surface area contributed by atoms with Gasteiger partial charge in [0.1, 0.15) is 0 Å². The zero-order valence-electron chi connectivity index (χ0n) is 15.1. The largest absolute Gasteiger partial charge is 0.331 e. The highest BCUT2D eigenvalue weighted by atomic mass is 16.2. The first-order valence-corrected chi connectivity index (χ1v) is 8.68. The lowest BCUT2D eigenvalue weighted by atomic mass is 10.0. The molecule has 1 aliphatic rings. The molecule has 0 aliphatic carbocycles. The van der Waals surface area contributed by atoms with Crippen molar-refractivity contribution < 1.29 is 9.59 Å². The summed E-state index contributed by atoms with van der Waals surface area (Å²) in [5, 5.41) is 5.79. The van der Waals surface area contributed by atoms with Crippen LogP contribution >= 0.6 is 0 Å². The van der Waals surface area contributed by atoms with E-state index in [1.54, 1.807) is 4.90 Å². The second kappa shape index (κ2) is 7.44. The number of para-hydroxylation sites is 1. The number of carbonyl (C=O) groups excluding carboxylic acids is 2. The molecule has 0 fully saturated rings. The molecule has 134 valence electrons. The Morgan fingerprint density at radius 2 is 1.81 bits per heavy atom. The van der Waals surface area contributed by atoms with Crippen LogP contribution in [0, 0.1) is 0 Å². The topological polar surface area (TPSA) is 61.4 Å². The number of fused-ring (bicyclic) bond motifs is 1. The Balaban J connectivity index is 1.69. The van der Waals surface area contributed by atoms with Gasteiger partial charge in [-0.2, -0.15) is 0 Å². The molecule has 0 unspecified atom stereocenters. The maximum Gasteiger partial charge on any atom is 0.323 e. The summed E-state index contributed by atoms with van der Waals surface area (Å²) in [5.41, 5.74) is 4.74. The molecule has 1 aliphatic heterocycles. The number of amides is 3. The minimum absolute atomic E-state index is 0.0845. The van der Waals surface area contributed by atoms with Gasteiger partial charge in [-0.25, -0.2) is 4.79 Å². The fourth-order valence-corrected chi connectivity index (χ4v) is 3.16. The summed E-state index contributed by atoms with van der Waals surface area (Å²) < 4.78 is 0. The third kappa shape index (κ3) is 3.77. The van der Waals surface area contributed by atoms with E-state index in [1.807, 2.05) is 42.5 Å². The highest BCUT2D eigenvalue weighted by Crippen LogP contribution is 2.27. The molecule has 0 radical (unpaired) electrons. The molecule has 5 nitrogen and oxygen atoms in total. The van der Waals surface area contributed by atoms with Gasteiger partial charge in [-0.3, -0.25) is 4.79 Å². The highest BCUT2D eigenvalue weighted by Gasteiger charge is 2.22. The van der Waals surface area contributed by atoms with Gasteiger partial charge in [0.2, 0.25) is 5.91 Å². The number of hydrogen-bond donors (Lipinski definition) is 2. The lowest BCUT2D eigenvalue weighted by molar-refractivity contribution is -0.126. The Labute approximate surface area is 153 Å². The molecule has 2 N–H and O–H groups in total. The number of urea groups is 1. The quantitative estimate of drug-likeness (QED) is 0.799. The predicted molar refractivity (Wildman–Crippen MR) is 104 cm³/mol. The van der Waals surface area contributed by atoms with E-state index < -0.39 is 0 Å². The molecular formula is C21H23N3O2. The molecule has 2 aromatic rings. The van der Waals surface area contributed by atoms with Crippen molar-refractivity contribution in [3.05, 3.63) is 71.8 Å². The molecule has 0 saturated carbocycles. The van der Waals surface area contributed by atoms with Crippen molar-refractivity contribution in [2.75, 3.05) is 10.6 Å². The standard InChI is InChI=1S/C21H23N3O2/c1-4-20(25)24-12-15-9-10-17(11-16(15)13-24)22-21(26)23-19-8-6-5-7-18(19)14(2)3/h4-11,14H,1,12-13H2,2-3H3,(H2,22,23,26). The maximum absolute atomic E-state index is 12.4. The van der Waals surface area contributed by atoms with Gasteiger partial charge in [0.15, 0.2) is 0 Å². The Kier molecular flexibility index (Phi) is 5.07. The molecule has 3 rings (SSSR count). The van der Waals surface area contributed by atoms with Crippen LogP contribution in [0.3, 0.4) is 0 Å². The van der Waals surface area contributed by atoms with Crippen LogP contribution in [-0.4, -0.2) is 16.8 Å². The summed E-state index contributed by atoms with van der Waals surface area (Å²) >= 11 is 0. The van der Waals surface area contributed by atoms with Crippen LogP contribution in [0.1, 0.15) is 36.5 Å². The molecule has 3 amide bonds.